The molecule has 53 valence electrons. The summed E-state index contributed by atoms with van der Waals surface area (Å²) in [5.74, 6) is 1.98. The van der Waals surface area contributed by atoms with Gasteiger partial charge in [0.05, 0.1) is 0 Å². The third kappa shape index (κ3) is 8.17. The first kappa shape index (κ1) is 9.17. The van der Waals surface area contributed by atoms with Gasteiger partial charge in [0.1, 0.15) is 0 Å². The van der Waals surface area contributed by atoms with Crippen molar-refractivity contribution in [3.8, 4) is 0 Å². The maximum atomic E-state index is 3.67. The zero-order valence-corrected chi connectivity index (χ0v) is 7.16. The normalized spacial score (nSPS) is 10.8. The minimum Gasteiger partial charge on any atom is -0.0982 e. The summed E-state index contributed by atoms with van der Waals surface area (Å²) >= 11 is 0. The Hall–Kier alpha value is 0.170. The van der Waals surface area contributed by atoms with Gasteiger partial charge in [-0.25, -0.2) is 0 Å². The van der Waals surface area contributed by atoms with Crippen LogP contribution in [-0.4, -0.2) is 6.16 Å². The summed E-state index contributed by atoms with van der Waals surface area (Å²) in [7, 11) is 1.41. The molecule has 1 heteroatoms. The summed E-state index contributed by atoms with van der Waals surface area (Å²) in [5, 5.41) is 0. The first-order valence-corrected chi connectivity index (χ1v) is 4.84. The topological polar surface area (TPSA) is 0 Å². The highest BCUT2D eigenvalue weighted by Gasteiger charge is 1.84. The molecule has 0 spiro atoms. The molecule has 0 rings (SSSR count). The second kappa shape index (κ2) is 8.17. The van der Waals surface area contributed by atoms with Crippen molar-refractivity contribution in [2.45, 2.75) is 32.6 Å². The molecule has 0 aliphatic heterocycles. The fourth-order valence-electron chi connectivity index (χ4n) is 0.721. The minimum absolute atomic E-state index is 1.31. The summed E-state index contributed by atoms with van der Waals surface area (Å²) in [6.07, 6.45) is 6.82. The molecule has 0 unspecified atom stereocenters. The van der Waals surface area contributed by atoms with Crippen LogP contribution in [0.15, 0.2) is 12.4 Å². The average molecular weight is 143 g/mol. The van der Waals surface area contributed by atoms with Crippen LogP contribution in [0.5, 0.6) is 0 Å². The van der Waals surface area contributed by atoms with E-state index >= 15 is 0 Å². The summed E-state index contributed by atoms with van der Waals surface area (Å²) < 4.78 is 0. The first-order valence-electron chi connectivity index (χ1n) is 3.69. The van der Waals surface area contributed by atoms with Crippen LogP contribution in [-0.2, 0) is 0 Å². The molecular formula is C8H16P. The lowest BCUT2D eigenvalue weighted by molar-refractivity contribution is 0.706. The first-order chi connectivity index (χ1) is 4.41. The Morgan fingerprint density at radius 1 is 1.33 bits per heavy atom. The van der Waals surface area contributed by atoms with Gasteiger partial charge in [0.25, 0.3) is 0 Å². The van der Waals surface area contributed by atoms with E-state index in [-0.39, 0.29) is 0 Å². The fourth-order valence-corrected chi connectivity index (χ4v) is 1.31. The Bertz CT molecular complexity index is 59.6. The van der Waals surface area contributed by atoms with Gasteiger partial charge in [-0.15, -0.1) is 0 Å². The summed E-state index contributed by atoms with van der Waals surface area (Å²) in [6, 6.07) is 0. The van der Waals surface area contributed by atoms with E-state index in [1.165, 1.54) is 40.4 Å². The van der Waals surface area contributed by atoms with Crippen LogP contribution in [0.4, 0.5) is 0 Å². The third-order valence-electron chi connectivity index (χ3n) is 1.27. The lowest BCUT2D eigenvalue weighted by Crippen LogP contribution is -1.76. The highest BCUT2D eigenvalue weighted by atomic mass is 31.1. The van der Waals surface area contributed by atoms with Crippen molar-refractivity contribution in [1.82, 2.24) is 0 Å². The number of rotatable bonds is 6. The molecule has 0 atom stereocenters. The molecule has 9 heavy (non-hydrogen) atoms. The molecule has 0 aromatic heterocycles. The summed E-state index contributed by atoms with van der Waals surface area (Å²) in [5.41, 5.74) is 0. The molecule has 0 nitrogen and oxygen atoms in total. The SMILES string of the molecule is C=C[P]CCCCCC. The minimum atomic E-state index is 1.31. The van der Waals surface area contributed by atoms with Gasteiger partial charge in [-0.1, -0.05) is 47.2 Å². The number of hydrogen-bond donors (Lipinski definition) is 0. The van der Waals surface area contributed by atoms with Crippen LogP contribution in [0.1, 0.15) is 32.6 Å². The van der Waals surface area contributed by atoms with Gasteiger partial charge in [0, 0.05) is 0 Å². The van der Waals surface area contributed by atoms with E-state index < -0.39 is 0 Å². The largest absolute Gasteiger partial charge is 0.0982 e. The van der Waals surface area contributed by atoms with Crippen LogP contribution in [0, 0.1) is 0 Å². The lowest BCUT2D eigenvalue weighted by Gasteiger charge is -1.94. The molecule has 0 aliphatic carbocycles. The van der Waals surface area contributed by atoms with Crippen molar-refractivity contribution in [2.75, 3.05) is 6.16 Å². The van der Waals surface area contributed by atoms with E-state index in [0.717, 1.165) is 0 Å². The van der Waals surface area contributed by atoms with Crippen LogP contribution in [0.3, 0.4) is 0 Å². The zero-order chi connectivity index (χ0) is 6.95. The smallest absolute Gasteiger partial charge is 0.0250 e. The molecule has 0 N–H and O–H groups in total. The van der Waals surface area contributed by atoms with Crippen molar-refractivity contribution < 1.29 is 0 Å². The van der Waals surface area contributed by atoms with Gasteiger partial charge in [-0.05, 0) is 12.6 Å². The molecule has 0 fully saturated rings. The predicted octanol–water partition coefficient (Wildman–Crippen LogP) is 3.66. The monoisotopic (exact) mass is 143 g/mol. The second-order valence-corrected chi connectivity index (χ2v) is 3.33. The van der Waals surface area contributed by atoms with E-state index in [1.54, 1.807) is 0 Å². The molecule has 0 aromatic carbocycles. The van der Waals surface area contributed by atoms with Crippen molar-refractivity contribution in [1.29, 1.82) is 0 Å². The van der Waals surface area contributed by atoms with E-state index in [9.17, 15) is 0 Å². The maximum absolute atomic E-state index is 3.67. The standard InChI is InChI=1S/C8H16P/c1-3-5-6-7-8-9-4-2/h4H,2-3,5-8H2,1H3. The van der Waals surface area contributed by atoms with Crippen molar-refractivity contribution in [3.05, 3.63) is 12.4 Å². The van der Waals surface area contributed by atoms with E-state index in [0.29, 0.717) is 0 Å². The predicted molar refractivity (Wildman–Crippen MR) is 46.1 cm³/mol. The van der Waals surface area contributed by atoms with Gasteiger partial charge in [0.2, 0.25) is 0 Å². The van der Waals surface area contributed by atoms with Gasteiger partial charge in [-0.2, -0.15) is 0 Å². The highest BCUT2D eigenvalue weighted by Crippen LogP contribution is 2.13. The Balaban J connectivity index is 2.66. The molecule has 0 saturated carbocycles. The van der Waals surface area contributed by atoms with Crippen molar-refractivity contribution >= 4 is 8.58 Å². The molecule has 1 radical (unpaired) electrons. The summed E-state index contributed by atoms with van der Waals surface area (Å²) in [6.45, 7) is 5.91. The molecule has 0 saturated heterocycles. The van der Waals surface area contributed by atoms with Crippen LogP contribution in [0.25, 0.3) is 0 Å². The van der Waals surface area contributed by atoms with Gasteiger partial charge < -0.3 is 0 Å². The van der Waals surface area contributed by atoms with Gasteiger partial charge in [0.15, 0.2) is 0 Å². The van der Waals surface area contributed by atoms with E-state index in [2.05, 4.69) is 13.5 Å². The maximum Gasteiger partial charge on any atom is -0.0250 e. The van der Waals surface area contributed by atoms with Crippen molar-refractivity contribution in [2.24, 2.45) is 0 Å². The molecule has 0 aromatic rings. The zero-order valence-electron chi connectivity index (χ0n) is 6.27. The summed E-state index contributed by atoms with van der Waals surface area (Å²) in [4.78, 5) is 0. The Morgan fingerprint density at radius 3 is 2.67 bits per heavy atom. The molecule has 0 heterocycles. The average Bonchev–Trinajstić information content (AvgIpc) is 1.89. The highest BCUT2D eigenvalue weighted by molar-refractivity contribution is 7.41. The lowest BCUT2D eigenvalue weighted by atomic mass is 10.2. The number of hydrogen-bond acceptors (Lipinski definition) is 0. The van der Waals surface area contributed by atoms with Crippen molar-refractivity contribution in [3.63, 3.8) is 0 Å². The Morgan fingerprint density at radius 2 is 2.11 bits per heavy atom. The van der Waals surface area contributed by atoms with E-state index in [1.807, 2.05) is 5.82 Å². The number of unbranched alkanes of at least 4 members (excludes halogenated alkanes) is 3. The molecule has 0 amide bonds. The van der Waals surface area contributed by atoms with E-state index in [4.69, 9.17) is 0 Å². The third-order valence-corrected chi connectivity index (χ3v) is 2.10. The fraction of sp³-hybridized carbons (Fsp3) is 0.750. The van der Waals surface area contributed by atoms with Crippen LogP contribution in [0.2, 0.25) is 0 Å². The van der Waals surface area contributed by atoms with Gasteiger partial charge in [-0.3, -0.25) is 0 Å². The molecule has 0 aliphatic rings. The molecular weight excluding hydrogens is 127 g/mol. The van der Waals surface area contributed by atoms with Gasteiger partial charge >= 0.3 is 0 Å². The Kier molecular flexibility index (Phi) is 8.32. The Labute approximate surface area is 60.5 Å². The van der Waals surface area contributed by atoms with Crippen LogP contribution >= 0.6 is 8.58 Å². The quantitative estimate of drug-likeness (QED) is 0.393. The molecule has 0 bridgehead atoms. The second-order valence-electron chi connectivity index (χ2n) is 2.15. The van der Waals surface area contributed by atoms with Crippen LogP contribution < -0.4 is 0 Å².